The lowest BCUT2D eigenvalue weighted by molar-refractivity contribution is 0.176. The summed E-state index contributed by atoms with van der Waals surface area (Å²) >= 11 is 0. The Morgan fingerprint density at radius 3 is 2.50 bits per heavy atom. The average Bonchev–Trinajstić information content (AvgIpc) is 2.30. The Morgan fingerprint density at radius 2 is 2.07 bits per heavy atom. The van der Waals surface area contributed by atoms with Crippen LogP contribution in [-0.2, 0) is 0 Å². The summed E-state index contributed by atoms with van der Waals surface area (Å²) in [6, 6.07) is 0.463. The molecule has 82 valence electrons. The molecule has 3 heteroatoms. The van der Waals surface area contributed by atoms with E-state index in [1.807, 2.05) is 0 Å². The number of hydrogen-bond acceptors (Lipinski definition) is 3. The van der Waals surface area contributed by atoms with Crippen LogP contribution in [0.5, 0.6) is 0 Å². The first kappa shape index (κ1) is 11.3. The maximum absolute atomic E-state index is 5.89. The summed E-state index contributed by atoms with van der Waals surface area (Å²) in [6.45, 7) is 13.0. The van der Waals surface area contributed by atoms with Gasteiger partial charge in [-0.1, -0.05) is 34.6 Å². The van der Waals surface area contributed by atoms with Crippen molar-refractivity contribution in [3.8, 4) is 0 Å². The van der Waals surface area contributed by atoms with Crippen LogP contribution in [0.15, 0.2) is 4.99 Å². The van der Waals surface area contributed by atoms with Gasteiger partial charge in [-0.3, -0.25) is 4.99 Å². The van der Waals surface area contributed by atoms with Crippen LogP contribution in [0.4, 0.5) is 0 Å². The predicted octanol–water partition coefficient (Wildman–Crippen LogP) is 1.69. The van der Waals surface area contributed by atoms with Gasteiger partial charge in [-0.15, -0.1) is 0 Å². The topological polar surface area (TPSA) is 41.6 Å². The van der Waals surface area contributed by atoms with Crippen LogP contribution < -0.4 is 5.73 Å². The second-order valence-corrected chi connectivity index (χ2v) is 5.63. The largest absolute Gasteiger partial charge is 0.370 e. The Bertz CT molecular complexity index is 225. The first-order valence-electron chi connectivity index (χ1n) is 5.39. The van der Waals surface area contributed by atoms with Crippen LogP contribution in [0, 0.1) is 11.3 Å². The van der Waals surface area contributed by atoms with Crippen molar-refractivity contribution >= 4 is 5.96 Å². The highest BCUT2D eigenvalue weighted by atomic mass is 15.3. The fourth-order valence-electron chi connectivity index (χ4n) is 1.88. The number of guanidine groups is 1. The van der Waals surface area contributed by atoms with Crippen molar-refractivity contribution in [1.29, 1.82) is 0 Å². The molecule has 0 aromatic heterocycles. The van der Waals surface area contributed by atoms with Crippen molar-refractivity contribution in [2.45, 2.75) is 40.7 Å². The molecule has 0 radical (unpaired) electrons. The maximum Gasteiger partial charge on any atom is 0.191 e. The highest BCUT2D eigenvalue weighted by Gasteiger charge is 2.35. The molecule has 0 aliphatic carbocycles. The van der Waals surface area contributed by atoms with Gasteiger partial charge >= 0.3 is 0 Å². The second kappa shape index (κ2) is 3.79. The zero-order valence-electron chi connectivity index (χ0n) is 10.0. The van der Waals surface area contributed by atoms with Crippen LogP contribution in [-0.4, -0.2) is 30.0 Å². The molecule has 1 atom stereocenters. The Hall–Kier alpha value is -0.730. The monoisotopic (exact) mass is 197 g/mol. The van der Waals surface area contributed by atoms with Crippen molar-refractivity contribution in [3.05, 3.63) is 0 Å². The van der Waals surface area contributed by atoms with Crippen LogP contribution in [0.25, 0.3) is 0 Å². The highest BCUT2D eigenvalue weighted by Crippen LogP contribution is 2.28. The number of rotatable bonds is 2. The number of aliphatic imine (C=N–C) groups is 1. The Kier molecular flexibility index (Phi) is 3.07. The molecule has 1 rings (SSSR count). The van der Waals surface area contributed by atoms with Gasteiger partial charge in [-0.25, -0.2) is 0 Å². The lowest BCUT2D eigenvalue weighted by Crippen LogP contribution is -2.48. The lowest BCUT2D eigenvalue weighted by atomic mass is 9.86. The molecule has 1 unspecified atom stereocenters. The van der Waals surface area contributed by atoms with Crippen molar-refractivity contribution in [1.82, 2.24) is 4.90 Å². The summed E-state index contributed by atoms with van der Waals surface area (Å²) in [5.41, 5.74) is 6.14. The highest BCUT2D eigenvalue weighted by molar-refractivity contribution is 5.80. The van der Waals surface area contributed by atoms with E-state index in [4.69, 9.17) is 5.73 Å². The van der Waals surface area contributed by atoms with Gasteiger partial charge in [0, 0.05) is 6.54 Å². The molecule has 0 aromatic carbocycles. The summed E-state index contributed by atoms with van der Waals surface area (Å²) in [7, 11) is 0. The summed E-state index contributed by atoms with van der Waals surface area (Å²) in [4.78, 5) is 6.59. The third-order valence-corrected chi connectivity index (χ3v) is 2.66. The quantitative estimate of drug-likeness (QED) is 0.732. The standard InChI is InChI=1S/C11H23N3/c1-8(2)7-14-9(11(3,4)5)6-13-10(14)12/h8-9H,6-7H2,1-5H3,(H2,12,13). The zero-order valence-corrected chi connectivity index (χ0v) is 10.0. The van der Waals surface area contributed by atoms with E-state index in [9.17, 15) is 0 Å². The number of nitrogens with two attached hydrogens (primary N) is 1. The first-order chi connectivity index (χ1) is 6.32. The molecule has 1 heterocycles. The van der Waals surface area contributed by atoms with Crippen molar-refractivity contribution < 1.29 is 0 Å². The van der Waals surface area contributed by atoms with E-state index in [-0.39, 0.29) is 5.41 Å². The van der Waals surface area contributed by atoms with Crippen molar-refractivity contribution in [3.63, 3.8) is 0 Å². The maximum atomic E-state index is 5.89. The van der Waals surface area contributed by atoms with Crippen molar-refractivity contribution in [2.24, 2.45) is 22.1 Å². The van der Waals surface area contributed by atoms with Crippen LogP contribution in [0.3, 0.4) is 0 Å². The molecule has 2 N–H and O–H groups in total. The van der Waals surface area contributed by atoms with Gasteiger partial charge in [0.15, 0.2) is 5.96 Å². The Morgan fingerprint density at radius 1 is 1.50 bits per heavy atom. The molecule has 0 amide bonds. The van der Waals surface area contributed by atoms with E-state index in [1.165, 1.54) is 0 Å². The van der Waals surface area contributed by atoms with Gasteiger partial charge < -0.3 is 10.6 Å². The minimum Gasteiger partial charge on any atom is -0.370 e. The minimum absolute atomic E-state index is 0.250. The molecule has 14 heavy (non-hydrogen) atoms. The van der Waals surface area contributed by atoms with E-state index < -0.39 is 0 Å². The predicted molar refractivity (Wildman–Crippen MR) is 61.3 cm³/mol. The van der Waals surface area contributed by atoms with Gasteiger partial charge in [0.05, 0.1) is 12.6 Å². The summed E-state index contributed by atoms with van der Waals surface area (Å²) < 4.78 is 0. The third-order valence-electron chi connectivity index (χ3n) is 2.66. The van der Waals surface area contributed by atoms with Gasteiger partial charge in [-0.2, -0.15) is 0 Å². The van der Waals surface area contributed by atoms with E-state index in [2.05, 4.69) is 44.5 Å². The average molecular weight is 197 g/mol. The van der Waals surface area contributed by atoms with Crippen LogP contribution in [0.1, 0.15) is 34.6 Å². The molecule has 0 bridgehead atoms. The molecule has 0 spiro atoms. The van der Waals surface area contributed by atoms with Gasteiger partial charge in [0.1, 0.15) is 0 Å². The summed E-state index contributed by atoms with van der Waals surface area (Å²) in [5.74, 6) is 1.35. The van der Waals surface area contributed by atoms with Crippen LogP contribution >= 0.6 is 0 Å². The first-order valence-corrected chi connectivity index (χ1v) is 5.39. The van der Waals surface area contributed by atoms with Gasteiger partial charge in [0.2, 0.25) is 0 Å². The summed E-state index contributed by atoms with van der Waals surface area (Å²) in [5, 5.41) is 0. The second-order valence-electron chi connectivity index (χ2n) is 5.63. The molecular weight excluding hydrogens is 174 g/mol. The Labute approximate surface area is 87.4 Å². The fraction of sp³-hybridized carbons (Fsp3) is 0.909. The summed E-state index contributed by atoms with van der Waals surface area (Å²) in [6.07, 6.45) is 0. The van der Waals surface area contributed by atoms with E-state index >= 15 is 0 Å². The number of hydrogen-bond donors (Lipinski definition) is 1. The third kappa shape index (κ3) is 2.40. The lowest BCUT2D eigenvalue weighted by Gasteiger charge is -2.36. The van der Waals surface area contributed by atoms with Gasteiger partial charge in [0.25, 0.3) is 0 Å². The molecule has 1 aliphatic rings. The van der Waals surface area contributed by atoms with E-state index in [0.29, 0.717) is 12.0 Å². The molecule has 3 nitrogen and oxygen atoms in total. The molecular formula is C11H23N3. The smallest absolute Gasteiger partial charge is 0.191 e. The van der Waals surface area contributed by atoms with Crippen LogP contribution in [0.2, 0.25) is 0 Å². The van der Waals surface area contributed by atoms with E-state index in [0.717, 1.165) is 19.0 Å². The Balaban J connectivity index is 2.72. The molecule has 0 aromatic rings. The van der Waals surface area contributed by atoms with Crippen molar-refractivity contribution in [2.75, 3.05) is 13.1 Å². The fourth-order valence-corrected chi connectivity index (χ4v) is 1.88. The molecule has 1 aliphatic heterocycles. The van der Waals surface area contributed by atoms with E-state index in [1.54, 1.807) is 0 Å². The molecule has 0 saturated carbocycles. The van der Waals surface area contributed by atoms with Gasteiger partial charge in [-0.05, 0) is 11.3 Å². The SMILES string of the molecule is CC(C)CN1C(N)=NCC1C(C)(C)C. The number of nitrogens with zero attached hydrogens (tertiary/aromatic N) is 2. The minimum atomic E-state index is 0.250. The normalized spacial score (nSPS) is 23.1. The zero-order chi connectivity index (χ0) is 10.9. The molecule has 0 fully saturated rings. The molecule has 0 saturated heterocycles.